The van der Waals surface area contributed by atoms with Gasteiger partial charge in [0, 0.05) is 7.11 Å². The maximum atomic E-state index is 10.9. The van der Waals surface area contributed by atoms with Crippen molar-refractivity contribution >= 4 is 5.97 Å². The van der Waals surface area contributed by atoms with Gasteiger partial charge in [0.1, 0.15) is 6.61 Å². The van der Waals surface area contributed by atoms with Gasteiger partial charge in [-0.05, 0) is 31.8 Å². The van der Waals surface area contributed by atoms with E-state index >= 15 is 0 Å². The molecule has 0 aliphatic carbocycles. The van der Waals surface area contributed by atoms with E-state index in [0.29, 0.717) is 12.5 Å². The third-order valence-corrected chi connectivity index (χ3v) is 2.20. The average Bonchev–Trinajstić information content (AvgIpc) is 2.17. The first kappa shape index (κ1) is 10.5. The van der Waals surface area contributed by atoms with E-state index in [0.717, 1.165) is 25.9 Å². The summed E-state index contributed by atoms with van der Waals surface area (Å²) in [5.41, 5.74) is 0. The van der Waals surface area contributed by atoms with Crippen molar-refractivity contribution in [2.75, 3.05) is 33.4 Å². The van der Waals surface area contributed by atoms with Crippen LogP contribution in [0.1, 0.15) is 12.8 Å². The number of hydrogen-bond donors (Lipinski definition) is 1. The zero-order valence-electron chi connectivity index (χ0n) is 8.04. The zero-order chi connectivity index (χ0) is 9.52. The Morgan fingerprint density at radius 1 is 1.46 bits per heavy atom. The molecular formula is C9H17NO3. The molecule has 0 aromatic heterocycles. The summed E-state index contributed by atoms with van der Waals surface area (Å²) in [6, 6.07) is 0. The number of esters is 1. The van der Waals surface area contributed by atoms with E-state index in [1.54, 1.807) is 0 Å². The van der Waals surface area contributed by atoms with Crippen molar-refractivity contribution in [2.24, 2.45) is 5.92 Å². The number of carbonyl (C=O) groups is 1. The van der Waals surface area contributed by atoms with Crippen LogP contribution in [0.15, 0.2) is 0 Å². The van der Waals surface area contributed by atoms with Crippen LogP contribution in [0.25, 0.3) is 0 Å². The maximum absolute atomic E-state index is 10.9. The van der Waals surface area contributed by atoms with Gasteiger partial charge < -0.3 is 14.8 Å². The molecule has 0 unspecified atom stereocenters. The maximum Gasteiger partial charge on any atom is 0.332 e. The van der Waals surface area contributed by atoms with E-state index in [-0.39, 0.29) is 12.6 Å². The predicted molar refractivity (Wildman–Crippen MR) is 48.4 cm³/mol. The Bertz CT molecular complexity index is 155. The minimum absolute atomic E-state index is 0.0605. The molecule has 1 rings (SSSR count). The minimum Gasteiger partial charge on any atom is -0.464 e. The van der Waals surface area contributed by atoms with Crippen LogP contribution >= 0.6 is 0 Å². The van der Waals surface area contributed by atoms with E-state index in [1.807, 2.05) is 0 Å². The minimum atomic E-state index is -0.263. The second-order valence-electron chi connectivity index (χ2n) is 3.31. The molecule has 1 aliphatic rings. The number of rotatable bonds is 4. The molecule has 1 aliphatic heterocycles. The summed E-state index contributed by atoms with van der Waals surface area (Å²) in [5.74, 6) is 0.267. The molecule has 0 spiro atoms. The first-order valence-corrected chi connectivity index (χ1v) is 4.68. The third kappa shape index (κ3) is 4.24. The number of piperidine rings is 1. The van der Waals surface area contributed by atoms with E-state index in [9.17, 15) is 4.79 Å². The van der Waals surface area contributed by atoms with Crippen LogP contribution in [0.2, 0.25) is 0 Å². The molecule has 1 saturated heterocycles. The molecule has 1 N–H and O–H groups in total. The normalized spacial score (nSPS) is 18.5. The molecule has 76 valence electrons. The van der Waals surface area contributed by atoms with Crippen molar-refractivity contribution in [3.8, 4) is 0 Å². The standard InChI is InChI=1S/C9H17NO3/c1-12-7-9(11)13-6-8-2-4-10-5-3-8/h8,10H,2-7H2,1H3. The Balaban J connectivity index is 2.06. The highest BCUT2D eigenvalue weighted by Gasteiger charge is 2.14. The van der Waals surface area contributed by atoms with Crippen LogP contribution in [0.4, 0.5) is 0 Å². The number of methoxy groups -OCH3 is 1. The predicted octanol–water partition coefficient (Wildman–Crippen LogP) is 0.176. The third-order valence-electron chi connectivity index (χ3n) is 2.20. The fourth-order valence-corrected chi connectivity index (χ4v) is 1.42. The summed E-state index contributed by atoms with van der Waals surface area (Å²) >= 11 is 0. The molecule has 13 heavy (non-hydrogen) atoms. The Morgan fingerprint density at radius 2 is 2.15 bits per heavy atom. The highest BCUT2D eigenvalue weighted by molar-refractivity contribution is 5.70. The van der Waals surface area contributed by atoms with E-state index in [4.69, 9.17) is 4.74 Å². The fourth-order valence-electron chi connectivity index (χ4n) is 1.42. The molecule has 1 fully saturated rings. The topological polar surface area (TPSA) is 47.6 Å². The van der Waals surface area contributed by atoms with Crippen molar-refractivity contribution in [1.82, 2.24) is 5.32 Å². The summed E-state index contributed by atoms with van der Waals surface area (Å²) in [7, 11) is 1.49. The highest BCUT2D eigenvalue weighted by Crippen LogP contribution is 2.11. The Hall–Kier alpha value is -0.610. The Morgan fingerprint density at radius 3 is 2.77 bits per heavy atom. The first-order valence-electron chi connectivity index (χ1n) is 4.68. The molecule has 0 amide bonds. The molecule has 0 saturated carbocycles. The highest BCUT2D eigenvalue weighted by atomic mass is 16.6. The Labute approximate surface area is 78.6 Å². The van der Waals surface area contributed by atoms with Gasteiger partial charge >= 0.3 is 5.97 Å². The van der Waals surface area contributed by atoms with E-state index in [2.05, 4.69) is 10.1 Å². The van der Waals surface area contributed by atoms with Gasteiger partial charge in [-0.25, -0.2) is 4.79 Å². The van der Waals surface area contributed by atoms with E-state index in [1.165, 1.54) is 7.11 Å². The van der Waals surface area contributed by atoms with Gasteiger partial charge in [0.2, 0.25) is 0 Å². The lowest BCUT2D eigenvalue weighted by Gasteiger charge is -2.21. The molecule has 1 heterocycles. The quantitative estimate of drug-likeness (QED) is 0.638. The van der Waals surface area contributed by atoms with Gasteiger partial charge in [-0.15, -0.1) is 0 Å². The summed E-state index contributed by atoms with van der Waals surface area (Å²) < 4.78 is 9.69. The van der Waals surface area contributed by atoms with Gasteiger partial charge in [0.15, 0.2) is 0 Å². The van der Waals surface area contributed by atoms with Gasteiger partial charge in [0.25, 0.3) is 0 Å². The van der Waals surface area contributed by atoms with Crippen molar-refractivity contribution in [3.05, 3.63) is 0 Å². The van der Waals surface area contributed by atoms with Crippen LogP contribution in [0.5, 0.6) is 0 Å². The molecule has 0 aromatic carbocycles. The van der Waals surface area contributed by atoms with Gasteiger partial charge in [-0.3, -0.25) is 0 Å². The molecule has 0 aromatic rings. The number of nitrogens with one attached hydrogen (secondary N) is 1. The van der Waals surface area contributed by atoms with Crippen molar-refractivity contribution < 1.29 is 14.3 Å². The fraction of sp³-hybridized carbons (Fsp3) is 0.889. The summed E-state index contributed by atoms with van der Waals surface area (Å²) in [6.45, 7) is 2.67. The first-order chi connectivity index (χ1) is 6.33. The van der Waals surface area contributed by atoms with Gasteiger partial charge in [0.05, 0.1) is 6.61 Å². The van der Waals surface area contributed by atoms with Crippen LogP contribution in [-0.2, 0) is 14.3 Å². The monoisotopic (exact) mass is 187 g/mol. The molecule has 0 bridgehead atoms. The molecule has 4 heteroatoms. The molecule has 4 nitrogen and oxygen atoms in total. The number of carbonyl (C=O) groups excluding carboxylic acids is 1. The van der Waals surface area contributed by atoms with Crippen LogP contribution in [0, 0.1) is 5.92 Å². The molecule has 0 radical (unpaired) electrons. The lowest BCUT2D eigenvalue weighted by molar-refractivity contribution is -0.149. The van der Waals surface area contributed by atoms with E-state index < -0.39 is 0 Å². The summed E-state index contributed by atoms with van der Waals surface area (Å²) in [5, 5.41) is 3.26. The summed E-state index contributed by atoms with van der Waals surface area (Å²) in [6.07, 6.45) is 2.19. The summed E-state index contributed by atoms with van der Waals surface area (Å²) in [4.78, 5) is 10.9. The van der Waals surface area contributed by atoms with Gasteiger partial charge in [-0.2, -0.15) is 0 Å². The largest absolute Gasteiger partial charge is 0.464 e. The second kappa shape index (κ2) is 5.94. The van der Waals surface area contributed by atoms with Crippen molar-refractivity contribution in [2.45, 2.75) is 12.8 Å². The molecular weight excluding hydrogens is 170 g/mol. The SMILES string of the molecule is COCC(=O)OCC1CCNCC1. The van der Waals surface area contributed by atoms with Gasteiger partial charge in [-0.1, -0.05) is 0 Å². The smallest absolute Gasteiger partial charge is 0.332 e. The van der Waals surface area contributed by atoms with Crippen molar-refractivity contribution in [3.63, 3.8) is 0 Å². The second-order valence-corrected chi connectivity index (χ2v) is 3.31. The lowest BCUT2D eigenvalue weighted by atomic mass is 9.99. The van der Waals surface area contributed by atoms with Crippen LogP contribution in [-0.4, -0.2) is 39.4 Å². The van der Waals surface area contributed by atoms with Crippen LogP contribution in [0.3, 0.4) is 0 Å². The van der Waals surface area contributed by atoms with Crippen molar-refractivity contribution in [1.29, 1.82) is 0 Å². The zero-order valence-corrected chi connectivity index (χ0v) is 8.04. The lowest BCUT2D eigenvalue weighted by Crippen LogP contribution is -2.30. The Kier molecular flexibility index (Phi) is 4.78. The number of hydrogen-bond acceptors (Lipinski definition) is 4. The van der Waals surface area contributed by atoms with Crippen LogP contribution < -0.4 is 5.32 Å². The number of ether oxygens (including phenoxy) is 2. The average molecular weight is 187 g/mol. The molecule has 0 atom stereocenters.